The zero-order chi connectivity index (χ0) is 17.6. The van der Waals surface area contributed by atoms with Gasteiger partial charge >= 0.3 is 0 Å². The summed E-state index contributed by atoms with van der Waals surface area (Å²) in [7, 11) is 1.47. The average Bonchev–Trinajstić information content (AvgIpc) is 2.61. The van der Waals surface area contributed by atoms with E-state index in [1.165, 1.54) is 19.2 Å². The van der Waals surface area contributed by atoms with Gasteiger partial charge in [0.1, 0.15) is 12.4 Å². The molecule has 2 aromatic carbocycles. The number of fused-ring (bicyclic) bond motifs is 1. The van der Waals surface area contributed by atoms with Gasteiger partial charge in [0.2, 0.25) is 5.91 Å². The number of carbonyl (C=O) groups excluding carboxylic acids is 1. The fourth-order valence-electron chi connectivity index (χ4n) is 2.56. The van der Waals surface area contributed by atoms with Crippen molar-refractivity contribution in [3.8, 4) is 0 Å². The van der Waals surface area contributed by atoms with Crippen molar-refractivity contribution < 1.29 is 13.9 Å². The molecule has 25 heavy (non-hydrogen) atoms. The summed E-state index contributed by atoms with van der Waals surface area (Å²) >= 11 is 0. The van der Waals surface area contributed by atoms with Gasteiger partial charge in [0.05, 0.1) is 5.52 Å². The molecule has 5 nitrogen and oxygen atoms in total. The van der Waals surface area contributed by atoms with Gasteiger partial charge in [-0.3, -0.25) is 9.78 Å². The molecule has 0 saturated carbocycles. The number of benzene rings is 2. The Morgan fingerprint density at radius 2 is 1.92 bits per heavy atom. The number of nitrogens with one attached hydrogen (secondary N) is 2. The normalized spacial score (nSPS) is 10.6. The first-order chi connectivity index (χ1) is 12.2. The molecule has 3 rings (SSSR count). The number of nitrogens with zero attached hydrogens (tertiary/aromatic N) is 1. The number of hydrogen-bond donors (Lipinski definition) is 2. The lowest BCUT2D eigenvalue weighted by Gasteiger charge is -2.10. The van der Waals surface area contributed by atoms with Crippen molar-refractivity contribution in [3.05, 3.63) is 66.1 Å². The van der Waals surface area contributed by atoms with Gasteiger partial charge in [0.15, 0.2) is 0 Å². The Labute approximate surface area is 144 Å². The highest BCUT2D eigenvalue weighted by Gasteiger charge is 2.06. The van der Waals surface area contributed by atoms with Gasteiger partial charge in [-0.2, -0.15) is 0 Å². The molecule has 0 radical (unpaired) electrons. The second-order valence-corrected chi connectivity index (χ2v) is 5.55. The first-order valence-corrected chi connectivity index (χ1v) is 7.81. The molecule has 2 N–H and O–H groups in total. The summed E-state index contributed by atoms with van der Waals surface area (Å²) < 4.78 is 18.5. The van der Waals surface area contributed by atoms with Crippen LogP contribution in [0.2, 0.25) is 0 Å². The molecule has 3 aromatic rings. The second kappa shape index (κ2) is 7.72. The lowest BCUT2D eigenvalue weighted by atomic mass is 10.1. The molecule has 0 aliphatic carbocycles. The zero-order valence-electron chi connectivity index (χ0n) is 13.8. The quantitative estimate of drug-likeness (QED) is 0.721. The van der Waals surface area contributed by atoms with Crippen LogP contribution in [-0.2, 0) is 16.1 Å². The highest BCUT2D eigenvalue weighted by Crippen LogP contribution is 2.20. The number of ether oxygens (including phenoxy) is 1. The average molecular weight is 339 g/mol. The van der Waals surface area contributed by atoms with Gasteiger partial charge in [0.25, 0.3) is 0 Å². The summed E-state index contributed by atoms with van der Waals surface area (Å²) in [5.74, 6) is -0.492. The standard InChI is InChI=1S/C19H18FN3O2/c1-25-12-18(24)23-17-6-4-16(5-7-17)22-11-14-10-15(20)9-13-3-2-8-21-19(13)14/h2-10,22H,11-12H2,1H3,(H,23,24). The molecule has 0 saturated heterocycles. The van der Waals surface area contributed by atoms with Crippen LogP contribution in [0.3, 0.4) is 0 Å². The van der Waals surface area contributed by atoms with Gasteiger partial charge in [-0.15, -0.1) is 0 Å². The lowest BCUT2D eigenvalue weighted by Crippen LogP contribution is -2.16. The number of pyridine rings is 1. The van der Waals surface area contributed by atoms with Gasteiger partial charge in [-0.05, 0) is 42.5 Å². The van der Waals surface area contributed by atoms with Gasteiger partial charge in [-0.25, -0.2) is 4.39 Å². The molecule has 0 aliphatic heterocycles. The fourth-order valence-corrected chi connectivity index (χ4v) is 2.56. The van der Waals surface area contributed by atoms with Crippen LogP contribution in [-0.4, -0.2) is 24.6 Å². The molecule has 0 bridgehead atoms. The topological polar surface area (TPSA) is 63.2 Å². The van der Waals surface area contributed by atoms with E-state index >= 15 is 0 Å². The number of carbonyl (C=O) groups is 1. The molecule has 0 spiro atoms. The molecular weight excluding hydrogens is 321 g/mol. The first kappa shape index (κ1) is 16.9. The Kier molecular flexibility index (Phi) is 5.20. The number of rotatable bonds is 6. The third-order valence-corrected chi connectivity index (χ3v) is 3.68. The van der Waals surface area contributed by atoms with Crippen molar-refractivity contribution in [2.75, 3.05) is 24.4 Å². The third-order valence-electron chi connectivity index (χ3n) is 3.68. The van der Waals surface area contributed by atoms with Gasteiger partial charge in [-0.1, -0.05) is 6.07 Å². The minimum Gasteiger partial charge on any atom is -0.381 e. The number of amides is 1. The summed E-state index contributed by atoms with van der Waals surface area (Å²) in [4.78, 5) is 15.8. The Hall–Kier alpha value is -2.99. The molecule has 1 amide bonds. The SMILES string of the molecule is COCC(=O)Nc1ccc(NCc2cc(F)cc3cccnc23)cc1. The van der Waals surface area contributed by atoms with Crippen molar-refractivity contribution >= 4 is 28.2 Å². The molecule has 6 heteroatoms. The van der Waals surface area contributed by atoms with E-state index in [-0.39, 0.29) is 18.3 Å². The van der Waals surface area contributed by atoms with E-state index in [1.54, 1.807) is 24.4 Å². The number of hydrogen-bond acceptors (Lipinski definition) is 4. The first-order valence-electron chi connectivity index (χ1n) is 7.81. The smallest absolute Gasteiger partial charge is 0.250 e. The third kappa shape index (κ3) is 4.30. The number of aromatic nitrogens is 1. The van der Waals surface area contributed by atoms with Crippen LogP contribution in [0.5, 0.6) is 0 Å². The molecular formula is C19H18FN3O2. The molecule has 1 heterocycles. The number of halogens is 1. The summed E-state index contributed by atoms with van der Waals surface area (Å²) in [6.45, 7) is 0.459. The van der Waals surface area contributed by atoms with Crippen LogP contribution in [0, 0.1) is 5.82 Å². The van der Waals surface area contributed by atoms with Crippen LogP contribution in [0.25, 0.3) is 10.9 Å². The van der Waals surface area contributed by atoms with Gasteiger partial charge < -0.3 is 15.4 Å². The van der Waals surface area contributed by atoms with E-state index in [9.17, 15) is 9.18 Å². The molecule has 0 atom stereocenters. The number of methoxy groups -OCH3 is 1. The zero-order valence-corrected chi connectivity index (χ0v) is 13.8. The van der Waals surface area contributed by atoms with Crippen LogP contribution in [0.1, 0.15) is 5.56 Å². The van der Waals surface area contributed by atoms with E-state index in [4.69, 9.17) is 4.74 Å². The Bertz CT molecular complexity index is 881. The van der Waals surface area contributed by atoms with Crippen molar-refractivity contribution in [1.29, 1.82) is 0 Å². The van der Waals surface area contributed by atoms with E-state index in [2.05, 4.69) is 15.6 Å². The summed E-state index contributed by atoms with van der Waals surface area (Å²) in [5, 5.41) is 6.74. The van der Waals surface area contributed by atoms with E-state index in [1.807, 2.05) is 18.2 Å². The van der Waals surface area contributed by atoms with E-state index in [0.717, 1.165) is 22.2 Å². The van der Waals surface area contributed by atoms with Crippen LogP contribution in [0.15, 0.2) is 54.7 Å². The maximum absolute atomic E-state index is 13.8. The minimum absolute atomic E-state index is 0.0135. The van der Waals surface area contributed by atoms with Crippen LogP contribution in [0.4, 0.5) is 15.8 Å². The number of anilines is 2. The summed E-state index contributed by atoms with van der Waals surface area (Å²) in [6, 6.07) is 13.9. The van der Waals surface area contributed by atoms with Gasteiger partial charge in [0, 0.05) is 42.2 Å². The maximum Gasteiger partial charge on any atom is 0.250 e. The fraction of sp³-hybridized carbons (Fsp3) is 0.158. The largest absolute Gasteiger partial charge is 0.381 e. The molecule has 1 aromatic heterocycles. The second-order valence-electron chi connectivity index (χ2n) is 5.55. The van der Waals surface area contributed by atoms with Crippen molar-refractivity contribution in [2.45, 2.75) is 6.54 Å². The lowest BCUT2D eigenvalue weighted by molar-refractivity contribution is -0.119. The summed E-state index contributed by atoms with van der Waals surface area (Å²) in [5.41, 5.74) is 3.11. The van der Waals surface area contributed by atoms with E-state index in [0.29, 0.717) is 12.2 Å². The molecule has 128 valence electrons. The predicted molar refractivity (Wildman–Crippen MR) is 96.0 cm³/mol. The maximum atomic E-state index is 13.8. The Morgan fingerprint density at radius 1 is 1.16 bits per heavy atom. The summed E-state index contributed by atoms with van der Waals surface area (Å²) in [6.07, 6.45) is 1.70. The molecule has 0 unspecified atom stereocenters. The minimum atomic E-state index is -0.284. The van der Waals surface area contributed by atoms with Crippen molar-refractivity contribution in [3.63, 3.8) is 0 Å². The van der Waals surface area contributed by atoms with Crippen molar-refractivity contribution in [1.82, 2.24) is 4.98 Å². The Balaban J connectivity index is 1.69. The molecule has 0 fully saturated rings. The highest BCUT2D eigenvalue weighted by molar-refractivity contribution is 5.91. The predicted octanol–water partition coefficient (Wildman–Crippen LogP) is 3.57. The molecule has 0 aliphatic rings. The van der Waals surface area contributed by atoms with Crippen molar-refractivity contribution in [2.24, 2.45) is 0 Å². The highest BCUT2D eigenvalue weighted by atomic mass is 19.1. The monoisotopic (exact) mass is 339 g/mol. The Morgan fingerprint density at radius 3 is 2.68 bits per heavy atom. The van der Waals surface area contributed by atoms with E-state index < -0.39 is 0 Å². The van der Waals surface area contributed by atoms with Crippen LogP contribution < -0.4 is 10.6 Å². The van der Waals surface area contributed by atoms with Crippen LogP contribution >= 0.6 is 0 Å².